The van der Waals surface area contributed by atoms with Crippen LogP contribution in [0.5, 0.6) is 0 Å². The minimum Gasteiger partial charge on any atom is -0.353 e. The van der Waals surface area contributed by atoms with E-state index in [1.54, 1.807) is 6.20 Å². The van der Waals surface area contributed by atoms with Gasteiger partial charge in [-0.05, 0) is 51.9 Å². The molecule has 2 aliphatic rings. The lowest BCUT2D eigenvalue weighted by molar-refractivity contribution is -0.132. The van der Waals surface area contributed by atoms with Crippen molar-refractivity contribution in [3.05, 3.63) is 18.5 Å². The van der Waals surface area contributed by atoms with Gasteiger partial charge in [-0.3, -0.25) is 9.48 Å². The molecule has 6 nitrogen and oxygen atoms in total. The maximum Gasteiger partial charge on any atom is 0.248 e. The Balaban J connectivity index is 1.56. The van der Waals surface area contributed by atoms with Gasteiger partial charge in [-0.15, -0.1) is 0 Å². The summed E-state index contributed by atoms with van der Waals surface area (Å²) in [6, 6.07) is 2.59. The van der Waals surface area contributed by atoms with Crippen LogP contribution in [0.15, 0.2) is 18.5 Å². The van der Waals surface area contributed by atoms with Crippen LogP contribution in [0.25, 0.3) is 0 Å². The minimum atomic E-state index is -0.527. The van der Waals surface area contributed by atoms with Gasteiger partial charge in [0.2, 0.25) is 5.91 Å². The number of carbonyl (C=O) groups excluding carboxylic acids is 1. The van der Waals surface area contributed by atoms with E-state index in [1.165, 1.54) is 25.7 Å². The van der Waals surface area contributed by atoms with Crippen LogP contribution in [0.1, 0.15) is 38.5 Å². The van der Waals surface area contributed by atoms with Gasteiger partial charge in [-0.1, -0.05) is 12.8 Å². The number of piperidine rings is 1. The summed E-state index contributed by atoms with van der Waals surface area (Å²) < 4.78 is 1.85. The van der Waals surface area contributed by atoms with E-state index < -0.39 is 5.54 Å². The average Bonchev–Trinajstić information content (AvgIpc) is 3.28. The second kappa shape index (κ2) is 7.45. The third-order valence-electron chi connectivity index (χ3n) is 5.49. The van der Waals surface area contributed by atoms with Gasteiger partial charge in [0.15, 0.2) is 0 Å². The van der Waals surface area contributed by atoms with Crippen LogP contribution in [-0.4, -0.2) is 59.9 Å². The molecule has 23 heavy (non-hydrogen) atoms. The predicted octanol–water partition coefficient (Wildman–Crippen LogP) is 0.952. The first-order valence-electron chi connectivity index (χ1n) is 8.92. The van der Waals surface area contributed by atoms with E-state index in [4.69, 9.17) is 0 Å². The summed E-state index contributed by atoms with van der Waals surface area (Å²) in [6.45, 7) is 3.34. The fourth-order valence-electron chi connectivity index (χ4n) is 3.96. The minimum absolute atomic E-state index is 0.113. The Labute approximate surface area is 138 Å². The molecule has 1 saturated carbocycles. The molecule has 0 spiro atoms. The molecule has 2 heterocycles. The maximum absolute atomic E-state index is 12.9. The Morgan fingerprint density at radius 1 is 1.39 bits per heavy atom. The lowest BCUT2D eigenvalue weighted by atomic mass is 9.87. The third-order valence-corrected chi connectivity index (χ3v) is 5.49. The molecule has 1 aliphatic carbocycles. The zero-order valence-electron chi connectivity index (χ0n) is 14.1. The highest BCUT2D eigenvalue weighted by Gasteiger charge is 2.41. The molecule has 0 atom stereocenters. The second-order valence-corrected chi connectivity index (χ2v) is 6.91. The van der Waals surface area contributed by atoms with Crippen LogP contribution in [0.4, 0.5) is 0 Å². The number of rotatable bonds is 6. The van der Waals surface area contributed by atoms with E-state index in [0.717, 1.165) is 32.5 Å². The first kappa shape index (κ1) is 16.5. The molecule has 0 aromatic carbocycles. The zero-order chi connectivity index (χ0) is 16.1. The molecule has 2 N–H and O–H groups in total. The standard InChI is InChI=1S/C17H29N5O/c1-21(15-5-2-3-6-15)14-12-19-16(23)17(7-10-18-11-8-17)22-13-4-9-20-22/h4,9,13,15,18H,2-3,5-8,10-12,14H2,1H3,(H,19,23). The number of nitrogens with one attached hydrogen (secondary N) is 2. The van der Waals surface area contributed by atoms with Crippen LogP contribution >= 0.6 is 0 Å². The van der Waals surface area contributed by atoms with Crippen LogP contribution in [0.3, 0.4) is 0 Å². The van der Waals surface area contributed by atoms with Crippen LogP contribution in [-0.2, 0) is 10.3 Å². The summed E-state index contributed by atoms with van der Waals surface area (Å²) in [5.74, 6) is 0.113. The number of carbonyl (C=O) groups is 1. The van der Waals surface area contributed by atoms with Crippen molar-refractivity contribution in [3.63, 3.8) is 0 Å². The van der Waals surface area contributed by atoms with Gasteiger partial charge in [0.05, 0.1) is 0 Å². The van der Waals surface area contributed by atoms with Gasteiger partial charge >= 0.3 is 0 Å². The monoisotopic (exact) mass is 319 g/mol. The Bertz CT molecular complexity index is 489. The largest absolute Gasteiger partial charge is 0.353 e. The van der Waals surface area contributed by atoms with Crippen molar-refractivity contribution in [1.29, 1.82) is 0 Å². The molecule has 3 rings (SSSR count). The van der Waals surface area contributed by atoms with Gasteiger partial charge in [0.1, 0.15) is 5.54 Å². The third kappa shape index (κ3) is 3.58. The summed E-state index contributed by atoms with van der Waals surface area (Å²) in [4.78, 5) is 15.3. The van der Waals surface area contributed by atoms with Crippen molar-refractivity contribution >= 4 is 5.91 Å². The number of amides is 1. The molecular weight excluding hydrogens is 290 g/mol. The highest BCUT2D eigenvalue weighted by atomic mass is 16.2. The molecule has 2 fully saturated rings. The molecule has 1 aliphatic heterocycles. The second-order valence-electron chi connectivity index (χ2n) is 6.91. The summed E-state index contributed by atoms with van der Waals surface area (Å²) >= 11 is 0. The number of hydrogen-bond donors (Lipinski definition) is 2. The Morgan fingerprint density at radius 3 is 2.78 bits per heavy atom. The molecule has 1 aromatic heterocycles. The summed E-state index contributed by atoms with van der Waals surface area (Å²) in [6.07, 6.45) is 10.5. The fourth-order valence-corrected chi connectivity index (χ4v) is 3.96. The lowest BCUT2D eigenvalue weighted by Gasteiger charge is -2.36. The van der Waals surface area contributed by atoms with Gasteiger partial charge in [0, 0.05) is 31.5 Å². The molecule has 1 saturated heterocycles. The zero-order valence-corrected chi connectivity index (χ0v) is 14.1. The quantitative estimate of drug-likeness (QED) is 0.820. The van der Waals surface area contributed by atoms with Gasteiger partial charge in [-0.2, -0.15) is 5.10 Å². The molecule has 0 unspecified atom stereocenters. The molecule has 0 radical (unpaired) electrons. The van der Waals surface area contributed by atoms with Gasteiger partial charge in [0.25, 0.3) is 0 Å². The SMILES string of the molecule is CN(CCNC(=O)C1(n2cccn2)CCNCC1)C1CCCC1. The smallest absolute Gasteiger partial charge is 0.248 e. The number of nitrogens with zero attached hydrogens (tertiary/aromatic N) is 3. The average molecular weight is 319 g/mol. The van der Waals surface area contributed by atoms with Crippen molar-refractivity contribution in [2.24, 2.45) is 0 Å². The molecule has 1 aromatic rings. The molecule has 128 valence electrons. The van der Waals surface area contributed by atoms with Crippen molar-refractivity contribution < 1.29 is 4.79 Å². The summed E-state index contributed by atoms with van der Waals surface area (Å²) in [5.41, 5.74) is -0.527. The van der Waals surface area contributed by atoms with Crippen molar-refractivity contribution in [1.82, 2.24) is 25.3 Å². The number of hydrogen-bond acceptors (Lipinski definition) is 4. The highest BCUT2D eigenvalue weighted by molar-refractivity contribution is 5.84. The van der Waals surface area contributed by atoms with Crippen molar-refractivity contribution in [3.8, 4) is 0 Å². The van der Waals surface area contributed by atoms with Gasteiger partial charge < -0.3 is 15.5 Å². The number of likely N-dealkylation sites (N-methyl/N-ethyl adjacent to an activating group) is 1. The summed E-state index contributed by atoms with van der Waals surface area (Å²) in [5, 5.41) is 10.9. The van der Waals surface area contributed by atoms with E-state index in [9.17, 15) is 4.79 Å². The number of aromatic nitrogens is 2. The normalized spacial score (nSPS) is 21.7. The van der Waals surface area contributed by atoms with Crippen LogP contribution in [0.2, 0.25) is 0 Å². The molecular formula is C17H29N5O. The van der Waals surface area contributed by atoms with Crippen molar-refractivity contribution in [2.75, 3.05) is 33.2 Å². The highest BCUT2D eigenvalue weighted by Crippen LogP contribution is 2.27. The van der Waals surface area contributed by atoms with Crippen molar-refractivity contribution in [2.45, 2.75) is 50.1 Å². The van der Waals surface area contributed by atoms with E-state index >= 15 is 0 Å². The first-order valence-corrected chi connectivity index (χ1v) is 8.92. The molecule has 1 amide bonds. The van der Waals surface area contributed by atoms with E-state index in [1.807, 2.05) is 16.9 Å². The van der Waals surface area contributed by atoms with E-state index in [2.05, 4.69) is 27.7 Å². The fraction of sp³-hybridized carbons (Fsp3) is 0.765. The molecule has 0 bridgehead atoms. The predicted molar refractivity (Wildman–Crippen MR) is 90.2 cm³/mol. The molecule has 6 heteroatoms. The first-order chi connectivity index (χ1) is 11.2. The van der Waals surface area contributed by atoms with Crippen LogP contribution in [0, 0.1) is 0 Å². The van der Waals surface area contributed by atoms with Crippen LogP contribution < -0.4 is 10.6 Å². The summed E-state index contributed by atoms with van der Waals surface area (Å²) in [7, 11) is 2.18. The van der Waals surface area contributed by atoms with Gasteiger partial charge in [-0.25, -0.2) is 0 Å². The Hall–Kier alpha value is -1.40. The maximum atomic E-state index is 12.9. The van der Waals surface area contributed by atoms with E-state index in [-0.39, 0.29) is 5.91 Å². The topological polar surface area (TPSA) is 62.2 Å². The Kier molecular flexibility index (Phi) is 5.33. The van der Waals surface area contributed by atoms with E-state index in [0.29, 0.717) is 12.6 Å². The Morgan fingerprint density at radius 2 is 2.13 bits per heavy atom. The lowest BCUT2D eigenvalue weighted by Crippen LogP contribution is -2.55.